The topological polar surface area (TPSA) is 82.3 Å². The first-order chi connectivity index (χ1) is 11.2. The number of amides is 1. The Labute approximate surface area is 139 Å². The second-order valence-electron chi connectivity index (χ2n) is 6.51. The van der Waals surface area contributed by atoms with Crippen molar-refractivity contribution >= 4 is 5.91 Å². The zero-order chi connectivity index (χ0) is 18.1. The van der Waals surface area contributed by atoms with Gasteiger partial charge in [-0.2, -0.15) is 5.26 Å². The predicted octanol–water partition coefficient (Wildman–Crippen LogP) is 2.13. The molecular formula is C17H20F2N2O3. The van der Waals surface area contributed by atoms with E-state index in [0.29, 0.717) is 13.0 Å². The minimum absolute atomic E-state index is 0.146. The number of benzene rings is 1. The summed E-state index contributed by atoms with van der Waals surface area (Å²) in [6.07, 6.45) is 0.180. The van der Waals surface area contributed by atoms with Crippen molar-refractivity contribution in [1.82, 2.24) is 5.32 Å². The molecule has 0 radical (unpaired) electrons. The molecule has 0 bridgehead atoms. The van der Waals surface area contributed by atoms with Crippen molar-refractivity contribution in [2.75, 3.05) is 13.2 Å². The van der Waals surface area contributed by atoms with E-state index in [1.807, 2.05) is 20.8 Å². The first-order valence-corrected chi connectivity index (χ1v) is 7.67. The molecule has 1 fully saturated rings. The van der Waals surface area contributed by atoms with E-state index in [2.05, 4.69) is 5.32 Å². The van der Waals surface area contributed by atoms with Gasteiger partial charge in [0.15, 0.2) is 0 Å². The highest BCUT2D eigenvalue weighted by atomic mass is 19.1. The van der Waals surface area contributed by atoms with Crippen molar-refractivity contribution in [3.05, 3.63) is 34.9 Å². The van der Waals surface area contributed by atoms with Gasteiger partial charge in [0.1, 0.15) is 17.2 Å². The van der Waals surface area contributed by atoms with Crippen molar-refractivity contribution < 1.29 is 23.4 Å². The first-order valence-electron chi connectivity index (χ1n) is 7.67. The van der Waals surface area contributed by atoms with Gasteiger partial charge in [-0.3, -0.25) is 4.79 Å². The van der Waals surface area contributed by atoms with Gasteiger partial charge in [-0.15, -0.1) is 0 Å². The minimum Gasteiger partial charge on any atom is -0.387 e. The van der Waals surface area contributed by atoms with Crippen LogP contribution in [-0.4, -0.2) is 35.9 Å². The third-order valence-electron chi connectivity index (χ3n) is 4.83. The Morgan fingerprint density at radius 3 is 2.50 bits per heavy atom. The molecule has 0 unspecified atom stereocenters. The molecule has 0 spiro atoms. The second-order valence-corrected chi connectivity index (χ2v) is 6.51. The third-order valence-corrected chi connectivity index (χ3v) is 4.83. The molecule has 2 N–H and O–H groups in total. The van der Waals surface area contributed by atoms with E-state index >= 15 is 0 Å². The van der Waals surface area contributed by atoms with Crippen LogP contribution in [0.25, 0.3) is 0 Å². The number of nitrogens with zero attached hydrogens (tertiary/aromatic N) is 1. The van der Waals surface area contributed by atoms with E-state index in [9.17, 15) is 18.7 Å². The largest absolute Gasteiger partial charge is 0.387 e. The van der Waals surface area contributed by atoms with Gasteiger partial charge in [-0.05, 0) is 19.1 Å². The van der Waals surface area contributed by atoms with E-state index in [1.54, 1.807) is 6.07 Å². The molecule has 0 heterocycles. The standard InChI is InChI=1S/C17H20F2N2O3/c1-4-24-13-7-17(23,16(13,2)3)9-21-15(22)14-11(18)5-10(8-20)6-12(14)19/h5-6,13,23H,4,7,9H2,1-3H3,(H,21,22)/t13-,17+/m0/s1. The van der Waals surface area contributed by atoms with Crippen molar-refractivity contribution in [3.63, 3.8) is 0 Å². The third kappa shape index (κ3) is 2.99. The van der Waals surface area contributed by atoms with Crippen LogP contribution >= 0.6 is 0 Å². The van der Waals surface area contributed by atoms with Crippen molar-refractivity contribution in [2.24, 2.45) is 5.41 Å². The highest BCUT2D eigenvalue weighted by Gasteiger charge is 2.60. The molecule has 5 nitrogen and oxygen atoms in total. The molecular weight excluding hydrogens is 318 g/mol. The van der Waals surface area contributed by atoms with E-state index in [4.69, 9.17) is 10.00 Å². The Hall–Kier alpha value is -2.04. The number of nitriles is 1. The quantitative estimate of drug-likeness (QED) is 0.862. The van der Waals surface area contributed by atoms with Crippen LogP contribution in [0.15, 0.2) is 12.1 Å². The molecule has 2 atom stereocenters. The number of carbonyl (C=O) groups is 1. The van der Waals surface area contributed by atoms with Gasteiger partial charge in [-0.1, -0.05) is 13.8 Å². The average molecular weight is 338 g/mol. The number of aliphatic hydroxyl groups is 1. The van der Waals surface area contributed by atoms with Crippen LogP contribution in [0.5, 0.6) is 0 Å². The van der Waals surface area contributed by atoms with Crippen molar-refractivity contribution in [1.29, 1.82) is 5.26 Å². The monoisotopic (exact) mass is 338 g/mol. The van der Waals surface area contributed by atoms with Crippen molar-refractivity contribution in [2.45, 2.75) is 38.9 Å². The molecule has 130 valence electrons. The summed E-state index contributed by atoms with van der Waals surface area (Å²) in [5.74, 6) is -3.20. The van der Waals surface area contributed by atoms with Gasteiger partial charge < -0.3 is 15.2 Å². The average Bonchev–Trinajstić information content (AvgIpc) is 2.51. The van der Waals surface area contributed by atoms with Gasteiger partial charge in [0.05, 0.1) is 23.3 Å². The van der Waals surface area contributed by atoms with Crippen LogP contribution in [0.4, 0.5) is 8.78 Å². The fourth-order valence-electron chi connectivity index (χ4n) is 2.93. The van der Waals surface area contributed by atoms with E-state index in [-0.39, 0.29) is 18.2 Å². The summed E-state index contributed by atoms with van der Waals surface area (Å²) in [7, 11) is 0. The van der Waals surface area contributed by atoms with Crippen LogP contribution in [0.2, 0.25) is 0 Å². The SMILES string of the molecule is CCO[C@H]1C[C@@](O)(CNC(=O)c2c(F)cc(C#N)cc2F)C1(C)C. The summed E-state index contributed by atoms with van der Waals surface area (Å²) in [6, 6.07) is 3.20. The molecule has 1 saturated carbocycles. The fourth-order valence-corrected chi connectivity index (χ4v) is 2.93. The minimum atomic E-state index is -1.22. The number of hydrogen-bond donors (Lipinski definition) is 2. The van der Waals surface area contributed by atoms with E-state index in [1.165, 1.54) is 0 Å². The smallest absolute Gasteiger partial charge is 0.257 e. The molecule has 1 aliphatic rings. The summed E-state index contributed by atoms with van der Waals surface area (Å²) in [4.78, 5) is 12.1. The van der Waals surface area contributed by atoms with Gasteiger partial charge in [0.25, 0.3) is 5.91 Å². The van der Waals surface area contributed by atoms with Gasteiger partial charge in [0, 0.05) is 25.0 Å². The molecule has 0 aromatic heterocycles. The summed E-state index contributed by atoms with van der Waals surface area (Å²) in [6.45, 7) is 5.84. The Balaban J connectivity index is 2.09. The fraction of sp³-hybridized carbons (Fsp3) is 0.529. The molecule has 1 aliphatic carbocycles. The first kappa shape index (κ1) is 18.3. The number of ether oxygens (including phenoxy) is 1. The number of nitrogens with one attached hydrogen (secondary N) is 1. The maximum atomic E-state index is 13.8. The molecule has 0 aliphatic heterocycles. The van der Waals surface area contributed by atoms with Gasteiger partial charge in [0.2, 0.25) is 0 Å². The lowest BCUT2D eigenvalue weighted by Crippen LogP contribution is -2.68. The van der Waals surface area contributed by atoms with Crippen LogP contribution < -0.4 is 5.32 Å². The summed E-state index contributed by atoms with van der Waals surface area (Å²) >= 11 is 0. The molecule has 2 rings (SSSR count). The summed E-state index contributed by atoms with van der Waals surface area (Å²) in [5.41, 5.74) is -2.80. The van der Waals surface area contributed by atoms with E-state index < -0.39 is 34.1 Å². The molecule has 0 saturated heterocycles. The zero-order valence-corrected chi connectivity index (χ0v) is 13.8. The number of carbonyl (C=O) groups excluding carboxylic acids is 1. The lowest BCUT2D eigenvalue weighted by molar-refractivity contribution is -0.237. The Morgan fingerprint density at radius 1 is 1.46 bits per heavy atom. The molecule has 1 aromatic carbocycles. The predicted molar refractivity (Wildman–Crippen MR) is 82.2 cm³/mol. The summed E-state index contributed by atoms with van der Waals surface area (Å²) in [5, 5.41) is 21.7. The highest BCUT2D eigenvalue weighted by molar-refractivity contribution is 5.95. The number of rotatable bonds is 5. The second kappa shape index (κ2) is 6.46. The maximum Gasteiger partial charge on any atom is 0.257 e. The Bertz CT molecular complexity index is 677. The number of hydrogen-bond acceptors (Lipinski definition) is 4. The zero-order valence-electron chi connectivity index (χ0n) is 13.8. The van der Waals surface area contributed by atoms with Crippen LogP contribution in [0.3, 0.4) is 0 Å². The Kier molecular flexibility index (Phi) is 4.92. The molecule has 7 heteroatoms. The molecule has 24 heavy (non-hydrogen) atoms. The van der Waals surface area contributed by atoms with Crippen LogP contribution in [-0.2, 0) is 4.74 Å². The summed E-state index contributed by atoms with van der Waals surface area (Å²) < 4.78 is 33.2. The molecule has 1 aromatic rings. The van der Waals surface area contributed by atoms with Crippen LogP contribution in [0, 0.1) is 28.4 Å². The van der Waals surface area contributed by atoms with Crippen molar-refractivity contribution in [3.8, 4) is 6.07 Å². The van der Waals surface area contributed by atoms with Gasteiger partial charge >= 0.3 is 0 Å². The maximum absolute atomic E-state index is 13.8. The number of halogens is 2. The van der Waals surface area contributed by atoms with Crippen LogP contribution in [0.1, 0.15) is 43.1 Å². The molecule has 1 amide bonds. The van der Waals surface area contributed by atoms with Gasteiger partial charge in [-0.25, -0.2) is 8.78 Å². The van der Waals surface area contributed by atoms with E-state index in [0.717, 1.165) is 12.1 Å². The highest BCUT2D eigenvalue weighted by Crippen LogP contribution is 2.50. The lowest BCUT2D eigenvalue weighted by atomic mass is 9.56. The normalized spacial score (nSPS) is 24.8. The lowest BCUT2D eigenvalue weighted by Gasteiger charge is -2.57. The Morgan fingerprint density at radius 2 is 2.04 bits per heavy atom.